The van der Waals surface area contributed by atoms with Crippen molar-refractivity contribution >= 4 is 12.9 Å². The van der Waals surface area contributed by atoms with Gasteiger partial charge in [-0.25, -0.2) is 0 Å². The Bertz CT molecular complexity index is 30.7. The largest absolute Gasteiger partial charge is 0.554 e. The van der Waals surface area contributed by atoms with Crippen molar-refractivity contribution in [3.63, 3.8) is 0 Å². The Morgan fingerprint density at radius 2 is 1.00 bits per heavy atom. The molecule has 0 saturated carbocycles. The minimum atomic E-state index is -0.500. The summed E-state index contributed by atoms with van der Waals surface area (Å²) in [5, 5.41) is 16.5. The number of rotatable bonds is 0. The SMILES string of the molecule is O=C[O-].O=C[O-].[Ce]. The fourth-order valence-electron chi connectivity index (χ4n) is 0. The molecule has 0 unspecified atom stereocenters. The second-order valence-corrected chi connectivity index (χ2v) is 0.192. The predicted molar refractivity (Wildman–Crippen MR) is 12.1 cm³/mol. The summed E-state index contributed by atoms with van der Waals surface area (Å²) in [6, 6.07) is 0. The van der Waals surface area contributed by atoms with Crippen LogP contribution < -0.4 is 10.2 Å². The molecule has 7 heavy (non-hydrogen) atoms. The van der Waals surface area contributed by atoms with Crippen LogP contribution in [0.2, 0.25) is 0 Å². The maximum atomic E-state index is 8.25. The first-order valence-electron chi connectivity index (χ1n) is 0.943. The Morgan fingerprint density at radius 3 is 1.00 bits per heavy atom. The second kappa shape index (κ2) is 33.3. The molecule has 0 atom stereocenters. The summed E-state index contributed by atoms with van der Waals surface area (Å²) in [5.41, 5.74) is 0. The maximum Gasteiger partial charge on any atom is 0.0275 e. The summed E-state index contributed by atoms with van der Waals surface area (Å²) in [5.74, 6) is 0. The molecule has 0 aliphatic heterocycles. The fraction of sp³-hybridized carbons (Fsp3) is 0. The van der Waals surface area contributed by atoms with Crippen LogP contribution in [-0.4, -0.2) is 12.9 Å². The zero-order valence-electron chi connectivity index (χ0n) is 3.29. The van der Waals surface area contributed by atoms with Gasteiger partial charge in [-0.2, -0.15) is 0 Å². The first-order valence-corrected chi connectivity index (χ1v) is 0.943. The topological polar surface area (TPSA) is 80.3 Å². The molecule has 0 heterocycles. The van der Waals surface area contributed by atoms with Crippen LogP contribution in [0.4, 0.5) is 0 Å². The third kappa shape index (κ3) is 1170. The molecule has 0 aromatic carbocycles. The second-order valence-electron chi connectivity index (χ2n) is 0.192. The van der Waals surface area contributed by atoms with E-state index in [0.29, 0.717) is 0 Å². The quantitative estimate of drug-likeness (QED) is 0.409. The molecule has 0 rings (SSSR count). The summed E-state index contributed by atoms with van der Waals surface area (Å²) < 4.78 is 0. The van der Waals surface area contributed by atoms with Crippen molar-refractivity contribution in [2.24, 2.45) is 0 Å². The minimum absolute atomic E-state index is 0. The zero-order chi connectivity index (χ0) is 5.41. The molecule has 4 nitrogen and oxygen atoms in total. The number of carboxylic acid groups (broad SMARTS) is 2. The average Bonchev–Trinajstić information content (AvgIpc) is 1.39. The Morgan fingerprint density at radius 1 is 1.00 bits per heavy atom. The van der Waals surface area contributed by atoms with E-state index in [4.69, 9.17) is 19.8 Å². The summed E-state index contributed by atoms with van der Waals surface area (Å²) in [6.07, 6.45) is 0. The first kappa shape index (κ1) is 15.7. The van der Waals surface area contributed by atoms with Gasteiger partial charge < -0.3 is 19.8 Å². The molecule has 0 bridgehead atoms. The van der Waals surface area contributed by atoms with Crippen molar-refractivity contribution in [1.29, 1.82) is 0 Å². The molecular formula is C2H2CeO4-2. The zero-order valence-corrected chi connectivity index (χ0v) is 6.43. The van der Waals surface area contributed by atoms with E-state index in [2.05, 4.69) is 0 Å². The predicted octanol–water partition coefficient (Wildman–Crippen LogP) is -3.27. The summed E-state index contributed by atoms with van der Waals surface area (Å²) in [6.45, 7) is -1.00. The summed E-state index contributed by atoms with van der Waals surface area (Å²) in [7, 11) is 0. The van der Waals surface area contributed by atoms with Crippen molar-refractivity contribution in [2.45, 2.75) is 0 Å². The third-order valence-electron chi connectivity index (χ3n) is 0. The van der Waals surface area contributed by atoms with Crippen LogP contribution in [-0.2, 0) is 9.59 Å². The van der Waals surface area contributed by atoms with E-state index in [-0.39, 0.29) is 41.7 Å². The molecule has 40 valence electrons. The van der Waals surface area contributed by atoms with E-state index < -0.39 is 12.9 Å². The third-order valence-corrected chi connectivity index (χ3v) is 0. The molecular weight excluding hydrogens is 228 g/mol. The Kier molecular flexibility index (Phi) is 74.5. The Hall–Kier alpha value is 0.317. The molecule has 0 aromatic rings. The molecule has 5 heteroatoms. The van der Waals surface area contributed by atoms with Gasteiger partial charge >= 0.3 is 0 Å². The maximum absolute atomic E-state index is 8.25. The smallest absolute Gasteiger partial charge is 0.0275 e. The van der Waals surface area contributed by atoms with E-state index in [0.717, 1.165) is 0 Å². The normalized spacial score (nSPS) is 3.43. The number of carbonyl (C=O) groups excluding carboxylic acids is 2. The molecule has 0 aliphatic carbocycles. The molecule has 0 aliphatic rings. The molecule has 0 saturated heterocycles. The Labute approximate surface area is 73.9 Å². The van der Waals surface area contributed by atoms with Crippen LogP contribution in [0.15, 0.2) is 0 Å². The van der Waals surface area contributed by atoms with Crippen LogP contribution in [0, 0.1) is 41.7 Å². The van der Waals surface area contributed by atoms with Gasteiger partial charge in [0.05, 0.1) is 0 Å². The number of carbonyl (C=O) groups is 2. The van der Waals surface area contributed by atoms with Crippen molar-refractivity contribution in [3.05, 3.63) is 0 Å². The van der Waals surface area contributed by atoms with E-state index in [1.165, 1.54) is 0 Å². The van der Waals surface area contributed by atoms with E-state index in [1.54, 1.807) is 0 Å². The molecule has 0 aromatic heterocycles. The molecule has 0 amide bonds. The molecule has 0 spiro atoms. The van der Waals surface area contributed by atoms with Crippen molar-refractivity contribution < 1.29 is 61.5 Å². The monoisotopic (exact) mass is 230 g/mol. The fourth-order valence-corrected chi connectivity index (χ4v) is 0. The summed E-state index contributed by atoms with van der Waals surface area (Å²) >= 11 is 0. The number of hydrogen-bond donors (Lipinski definition) is 0. The molecule has 0 radical (unpaired) electrons. The van der Waals surface area contributed by atoms with Crippen LogP contribution >= 0.6 is 0 Å². The van der Waals surface area contributed by atoms with Gasteiger partial charge in [0.1, 0.15) is 0 Å². The van der Waals surface area contributed by atoms with Gasteiger partial charge in [-0.15, -0.1) is 0 Å². The summed E-state index contributed by atoms with van der Waals surface area (Å²) in [4.78, 5) is 16.5. The van der Waals surface area contributed by atoms with Gasteiger partial charge in [0.2, 0.25) is 0 Å². The first-order chi connectivity index (χ1) is 2.83. The van der Waals surface area contributed by atoms with Crippen molar-refractivity contribution in [1.82, 2.24) is 0 Å². The van der Waals surface area contributed by atoms with Gasteiger partial charge in [0.25, 0.3) is 0 Å². The number of hydrogen-bond acceptors (Lipinski definition) is 4. The van der Waals surface area contributed by atoms with Crippen LogP contribution in [0.3, 0.4) is 0 Å². The van der Waals surface area contributed by atoms with Gasteiger partial charge in [-0.05, 0) is 0 Å². The van der Waals surface area contributed by atoms with Crippen LogP contribution in [0.1, 0.15) is 0 Å². The van der Waals surface area contributed by atoms with E-state index >= 15 is 0 Å². The minimum Gasteiger partial charge on any atom is -0.554 e. The Balaban J connectivity index is -0.0000000400. The van der Waals surface area contributed by atoms with Crippen LogP contribution in [0.5, 0.6) is 0 Å². The average molecular weight is 230 g/mol. The van der Waals surface area contributed by atoms with E-state index in [1.807, 2.05) is 0 Å². The van der Waals surface area contributed by atoms with Gasteiger partial charge in [-0.3, -0.25) is 0 Å². The van der Waals surface area contributed by atoms with Gasteiger partial charge in [-0.1, -0.05) is 0 Å². The van der Waals surface area contributed by atoms with Gasteiger partial charge in [0, 0.05) is 54.7 Å². The molecule has 0 N–H and O–H groups in total. The standard InChI is InChI=1S/2CH2O2.Ce/c2*2-1-3;/h2*1H,(H,2,3);/p-2. The van der Waals surface area contributed by atoms with Gasteiger partial charge in [0.15, 0.2) is 0 Å². The molecule has 0 fully saturated rings. The van der Waals surface area contributed by atoms with Crippen molar-refractivity contribution in [3.8, 4) is 0 Å². The van der Waals surface area contributed by atoms with E-state index in [9.17, 15) is 0 Å². The van der Waals surface area contributed by atoms with Crippen molar-refractivity contribution in [2.75, 3.05) is 0 Å². The van der Waals surface area contributed by atoms with Crippen LogP contribution in [0.25, 0.3) is 0 Å².